The molecule has 0 bridgehead atoms. The van der Waals surface area contributed by atoms with Crippen LogP contribution in [0.15, 0.2) is 36.4 Å². The van der Waals surface area contributed by atoms with Gasteiger partial charge in [-0.1, -0.05) is 11.8 Å². The average Bonchev–Trinajstić information content (AvgIpc) is 2.04. The molecule has 2 aromatic rings. The minimum atomic E-state index is 0. The molecule has 0 fully saturated rings. The Morgan fingerprint density at radius 1 is 1.17 bits per heavy atom. The summed E-state index contributed by atoms with van der Waals surface area (Å²) in [5.74, 6) is 0. The molecule has 2 rings (SSSR count). The number of pyridine rings is 1. The Balaban J connectivity index is 0.000000720. The first-order valence-electron chi connectivity index (χ1n) is 3.69. The van der Waals surface area contributed by atoms with Crippen molar-refractivity contribution in [2.45, 2.75) is 6.92 Å². The van der Waals surface area contributed by atoms with Crippen molar-refractivity contribution in [3.05, 3.63) is 42.1 Å². The number of aromatic nitrogens is 1. The monoisotopic (exact) mass is 150 g/mol. The van der Waals surface area contributed by atoms with Crippen molar-refractivity contribution in [1.29, 1.82) is 0 Å². The Hall–Kier alpha value is -0.773. The van der Waals surface area contributed by atoms with Gasteiger partial charge in [0.15, 0.2) is 0 Å². The van der Waals surface area contributed by atoms with E-state index in [4.69, 9.17) is 0 Å². The minimum Gasteiger partial charge on any atom is -0.542 e. The maximum absolute atomic E-state index is 4.38. The van der Waals surface area contributed by atoms with Gasteiger partial charge in [0, 0.05) is 12.1 Å². The van der Waals surface area contributed by atoms with E-state index in [2.05, 4.69) is 17.1 Å². The summed E-state index contributed by atoms with van der Waals surface area (Å²) in [5, 5.41) is 1.21. The normalized spacial score (nSPS) is 9.42. The van der Waals surface area contributed by atoms with E-state index in [1.807, 2.05) is 31.2 Å². The molecule has 0 saturated carbocycles. The molecule has 0 N–H and O–H groups in total. The van der Waals surface area contributed by atoms with Gasteiger partial charge in [-0.2, -0.15) is 0 Å². The van der Waals surface area contributed by atoms with Crippen LogP contribution in [0.25, 0.3) is 10.9 Å². The SMILES string of the molecule is C[c+]1ccc2ccccc2[n-]1.[Li+]. The number of fused-ring (bicyclic) bond motifs is 1. The standard InChI is InChI=1S/C10H9N.Li/c1-8-6-7-9-4-2-3-5-10(9)11-8;/h2-7H,1H3;/q;+1. The van der Waals surface area contributed by atoms with Crippen molar-refractivity contribution >= 4 is 10.9 Å². The molecule has 2 heteroatoms. The van der Waals surface area contributed by atoms with Gasteiger partial charge < -0.3 is 4.98 Å². The van der Waals surface area contributed by atoms with E-state index in [0.717, 1.165) is 11.2 Å². The topological polar surface area (TPSA) is 14.1 Å². The summed E-state index contributed by atoms with van der Waals surface area (Å²) in [6.45, 7) is 2.01. The molecule has 54 valence electrons. The summed E-state index contributed by atoms with van der Waals surface area (Å²) >= 11 is 0. The van der Waals surface area contributed by atoms with Crippen molar-refractivity contribution in [2.24, 2.45) is 0 Å². The molecular weight excluding hydrogens is 141 g/mol. The molecule has 0 radical (unpaired) electrons. The van der Waals surface area contributed by atoms with Crippen LogP contribution in [0.2, 0.25) is 0 Å². The minimum absolute atomic E-state index is 0. The van der Waals surface area contributed by atoms with Gasteiger partial charge >= 0.3 is 18.9 Å². The smallest absolute Gasteiger partial charge is 0.542 e. The fourth-order valence-corrected chi connectivity index (χ4v) is 1.17. The second-order valence-electron chi connectivity index (χ2n) is 2.65. The molecular formula is C10H9LiN+. The third-order valence-corrected chi connectivity index (χ3v) is 1.74. The van der Waals surface area contributed by atoms with Gasteiger partial charge in [0.2, 0.25) is 0 Å². The van der Waals surface area contributed by atoms with E-state index in [0.29, 0.717) is 0 Å². The van der Waals surface area contributed by atoms with E-state index in [1.165, 1.54) is 5.39 Å². The van der Waals surface area contributed by atoms with Crippen LogP contribution in [0.5, 0.6) is 0 Å². The number of benzene rings is 1. The predicted octanol–water partition coefficient (Wildman–Crippen LogP) is -0.609. The number of nitrogens with zero attached hydrogens (tertiary/aromatic N) is 1. The molecule has 0 saturated heterocycles. The van der Waals surface area contributed by atoms with Crippen LogP contribution < -0.4 is 23.8 Å². The first-order valence-corrected chi connectivity index (χ1v) is 3.69. The fourth-order valence-electron chi connectivity index (χ4n) is 1.17. The van der Waals surface area contributed by atoms with Gasteiger partial charge in [0.05, 0.1) is 5.39 Å². The first-order chi connectivity index (χ1) is 5.36. The molecule has 0 atom stereocenters. The molecule has 0 aliphatic heterocycles. The summed E-state index contributed by atoms with van der Waals surface area (Å²) in [7, 11) is 0. The molecule has 0 amide bonds. The van der Waals surface area contributed by atoms with Crippen LogP contribution >= 0.6 is 0 Å². The van der Waals surface area contributed by atoms with Crippen LogP contribution in [0.1, 0.15) is 5.69 Å². The van der Waals surface area contributed by atoms with Crippen LogP contribution in [0, 0.1) is 6.92 Å². The maximum atomic E-state index is 4.38. The maximum Gasteiger partial charge on any atom is 1.00 e. The Bertz CT molecular complexity index is 384. The number of rotatable bonds is 0. The quantitative estimate of drug-likeness (QED) is 0.361. The van der Waals surface area contributed by atoms with E-state index in [-0.39, 0.29) is 18.9 Å². The summed E-state index contributed by atoms with van der Waals surface area (Å²) < 4.78 is 0. The van der Waals surface area contributed by atoms with Crippen molar-refractivity contribution in [3.8, 4) is 0 Å². The van der Waals surface area contributed by atoms with Crippen LogP contribution in [0.4, 0.5) is 0 Å². The van der Waals surface area contributed by atoms with Crippen LogP contribution in [-0.2, 0) is 0 Å². The van der Waals surface area contributed by atoms with Crippen LogP contribution in [-0.4, -0.2) is 0 Å². The molecule has 12 heavy (non-hydrogen) atoms. The van der Waals surface area contributed by atoms with Gasteiger partial charge in [-0.3, -0.25) is 0 Å². The van der Waals surface area contributed by atoms with Gasteiger partial charge in [-0.25, -0.2) is 0 Å². The van der Waals surface area contributed by atoms with Crippen molar-refractivity contribution in [1.82, 2.24) is 4.98 Å². The van der Waals surface area contributed by atoms with Gasteiger partial charge in [0.1, 0.15) is 0 Å². The molecule has 1 aromatic heterocycles. The molecule has 0 unspecified atom stereocenters. The molecule has 0 spiro atoms. The van der Waals surface area contributed by atoms with Crippen molar-refractivity contribution in [3.63, 3.8) is 0 Å². The predicted molar refractivity (Wildman–Crippen MR) is 46.4 cm³/mol. The largest absolute Gasteiger partial charge is 1.00 e. The molecule has 1 heterocycles. The Labute approximate surface area is 84.0 Å². The second-order valence-corrected chi connectivity index (χ2v) is 2.65. The number of hydrogen-bond acceptors (Lipinski definition) is 0. The van der Waals surface area contributed by atoms with Gasteiger partial charge in [0.25, 0.3) is 0 Å². The summed E-state index contributed by atoms with van der Waals surface area (Å²) in [6, 6.07) is 12.3. The first kappa shape index (κ1) is 9.32. The Kier molecular flexibility index (Phi) is 2.92. The zero-order valence-corrected chi connectivity index (χ0v) is 7.41. The van der Waals surface area contributed by atoms with Crippen LogP contribution in [0.3, 0.4) is 0 Å². The number of hydrogen-bond donors (Lipinski definition) is 0. The second kappa shape index (κ2) is 3.76. The molecule has 1 nitrogen and oxygen atoms in total. The van der Waals surface area contributed by atoms with Gasteiger partial charge in [-0.05, 0) is 30.6 Å². The average molecular weight is 150 g/mol. The summed E-state index contributed by atoms with van der Waals surface area (Å²) in [6.07, 6.45) is 0. The third-order valence-electron chi connectivity index (χ3n) is 1.74. The third kappa shape index (κ3) is 1.69. The van der Waals surface area contributed by atoms with E-state index in [1.54, 1.807) is 0 Å². The number of para-hydroxylation sites is 1. The molecule has 1 aromatic carbocycles. The molecule has 0 aliphatic carbocycles. The van der Waals surface area contributed by atoms with Crippen molar-refractivity contribution in [2.75, 3.05) is 0 Å². The Morgan fingerprint density at radius 2 is 1.92 bits per heavy atom. The van der Waals surface area contributed by atoms with E-state index in [9.17, 15) is 0 Å². The van der Waals surface area contributed by atoms with E-state index >= 15 is 0 Å². The van der Waals surface area contributed by atoms with Crippen molar-refractivity contribution < 1.29 is 18.9 Å². The summed E-state index contributed by atoms with van der Waals surface area (Å²) in [4.78, 5) is 4.38. The van der Waals surface area contributed by atoms with E-state index < -0.39 is 0 Å². The summed E-state index contributed by atoms with van der Waals surface area (Å²) in [5.41, 5.74) is 2.15. The van der Waals surface area contributed by atoms with Gasteiger partial charge in [-0.15, -0.1) is 0 Å². The zero-order chi connectivity index (χ0) is 7.68. The number of aryl methyl sites for hydroxylation is 1. The Morgan fingerprint density at radius 3 is 2.75 bits per heavy atom. The zero-order valence-electron chi connectivity index (χ0n) is 7.41. The molecule has 0 aliphatic rings. The fraction of sp³-hybridized carbons (Fsp3) is 0.100.